The zero-order valence-electron chi connectivity index (χ0n) is 18.3. The quantitative estimate of drug-likeness (QED) is 0.410. The lowest BCUT2D eigenvalue weighted by Gasteiger charge is -2.30. The third kappa shape index (κ3) is 4.06. The van der Waals surface area contributed by atoms with Crippen LogP contribution < -0.4 is 10.2 Å². The Morgan fingerprint density at radius 3 is 2.53 bits per heavy atom. The minimum atomic E-state index is -0.884. The second-order valence-corrected chi connectivity index (χ2v) is 9.47. The van der Waals surface area contributed by atoms with Crippen molar-refractivity contribution in [3.8, 4) is 0 Å². The predicted molar refractivity (Wildman–Crippen MR) is 134 cm³/mol. The van der Waals surface area contributed by atoms with Crippen molar-refractivity contribution in [3.63, 3.8) is 0 Å². The molecule has 1 N–H and O–H groups in total. The third-order valence-corrected chi connectivity index (χ3v) is 7.37. The van der Waals surface area contributed by atoms with E-state index in [1.54, 1.807) is 41.3 Å². The maximum Gasteiger partial charge on any atom is 0.248 e. The molecule has 3 aromatic carbocycles. The van der Waals surface area contributed by atoms with Crippen molar-refractivity contribution in [3.05, 3.63) is 94.8 Å². The van der Waals surface area contributed by atoms with Gasteiger partial charge in [0.15, 0.2) is 0 Å². The summed E-state index contributed by atoms with van der Waals surface area (Å²) < 4.78 is 15.3. The lowest BCUT2D eigenvalue weighted by molar-refractivity contribution is -0.125. The first-order chi connectivity index (χ1) is 16.4. The fourth-order valence-corrected chi connectivity index (χ4v) is 5.54. The van der Waals surface area contributed by atoms with Crippen molar-refractivity contribution in [1.29, 1.82) is 0 Å². The van der Waals surface area contributed by atoms with E-state index in [9.17, 15) is 14.0 Å². The van der Waals surface area contributed by atoms with Crippen LogP contribution in [0, 0.1) is 5.82 Å². The minimum absolute atomic E-state index is 0.172. The van der Waals surface area contributed by atoms with Crippen LogP contribution in [-0.2, 0) is 23.2 Å². The van der Waals surface area contributed by atoms with Crippen molar-refractivity contribution >= 4 is 51.8 Å². The monoisotopic (exact) mass is 493 g/mol. The van der Waals surface area contributed by atoms with Gasteiger partial charge >= 0.3 is 0 Å². The Morgan fingerprint density at radius 1 is 1.09 bits per heavy atom. The number of carbonyl (C=O) groups excluding carboxylic acids is 2. The molecule has 0 spiro atoms. The van der Waals surface area contributed by atoms with Gasteiger partial charge in [0.2, 0.25) is 11.8 Å². The number of carbonyl (C=O) groups is 2. The van der Waals surface area contributed by atoms with Crippen molar-refractivity contribution < 1.29 is 14.0 Å². The molecule has 0 fully saturated rings. The number of amides is 2. The molecular weight excluding hydrogens is 473 g/mol. The molecule has 5 nitrogen and oxygen atoms in total. The van der Waals surface area contributed by atoms with Gasteiger partial charge in [-0.3, -0.25) is 14.5 Å². The highest BCUT2D eigenvalue weighted by molar-refractivity contribution is 8.00. The molecule has 1 aliphatic heterocycles. The van der Waals surface area contributed by atoms with E-state index >= 15 is 0 Å². The number of thioether (sulfide) groups is 1. The molecule has 172 valence electrons. The van der Waals surface area contributed by atoms with Crippen LogP contribution in [0.15, 0.2) is 77.8 Å². The summed E-state index contributed by atoms with van der Waals surface area (Å²) in [6.07, 6.45) is 0. The van der Waals surface area contributed by atoms with E-state index < -0.39 is 6.04 Å². The van der Waals surface area contributed by atoms with E-state index in [-0.39, 0.29) is 29.9 Å². The molecule has 0 saturated heterocycles. The summed E-state index contributed by atoms with van der Waals surface area (Å²) in [5.74, 6) is -0.625. The molecule has 0 saturated carbocycles. The fourth-order valence-electron chi connectivity index (χ4n) is 4.34. The number of fused-ring (bicyclic) bond motifs is 3. The Labute approximate surface area is 205 Å². The van der Waals surface area contributed by atoms with Crippen LogP contribution in [0.2, 0.25) is 5.02 Å². The largest absolute Gasteiger partial charge is 0.350 e. The molecule has 1 aliphatic rings. The van der Waals surface area contributed by atoms with E-state index in [0.29, 0.717) is 10.7 Å². The Bertz CT molecular complexity index is 1390. The van der Waals surface area contributed by atoms with E-state index in [1.807, 2.05) is 35.9 Å². The smallest absolute Gasteiger partial charge is 0.248 e. The highest BCUT2D eigenvalue weighted by Gasteiger charge is 2.39. The lowest BCUT2D eigenvalue weighted by Crippen LogP contribution is -2.43. The SMILES string of the molecule is Cn1c2c(c3ccccc31)[C@@H](C(=O)NCc1ccc(F)cc1)N(c1ccc(Cl)cc1)C(=O)CS2. The first-order valence-electron chi connectivity index (χ1n) is 10.7. The average Bonchev–Trinajstić information content (AvgIpc) is 3.02. The van der Waals surface area contributed by atoms with Gasteiger partial charge in [0.25, 0.3) is 0 Å². The summed E-state index contributed by atoms with van der Waals surface area (Å²) in [6, 6.07) is 19.9. The molecular formula is C26H21ClFN3O2S. The highest BCUT2D eigenvalue weighted by Crippen LogP contribution is 2.43. The van der Waals surface area contributed by atoms with Gasteiger partial charge in [0, 0.05) is 40.8 Å². The lowest BCUT2D eigenvalue weighted by atomic mass is 10.0. The number of nitrogens with zero attached hydrogens (tertiary/aromatic N) is 2. The van der Waals surface area contributed by atoms with Gasteiger partial charge in [0.05, 0.1) is 10.8 Å². The summed E-state index contributed by atoms with van der Waals surface area (Å²) in [5, 5.41) is 5.31. The Morgan fingerprint density at radius 2 is 1.79 bits per heavy atom. The zero-order chi connectivity index (χ0) is 23.8. The van der Waals surface area contributed by atoms with Crippen LogP contribution in [0.25, 0.3) is 10.9 Å². The number of aromatic nitrogens is 1. The number of rotatable bonds is 4. The van der Waals surface area contributed by atoms with Crippen LogP contribution in [0.1, 0.15) is 17.2 Å². The number of hydrogen-bond acceptors (Lipinski definition) is 3. The number of nitrogens with one attached hydrogen (secondary N) is 1. The molecule has 0 unspecified atom stereocenters. The van der Waals surface area contributed by atoms with Crippen molar-refractivity contribution in [2.24, 2.45) is 7.05 Å². The zero-order valence-corrected chi connectivity index (χ0v) is 19.9. The molecule has 0 aliphatic carbocycles. The van der Waals surface area contributed by atoms with Crippen molar-refractivity contribution in [2.75, 3.05) is 10.7 Å². The number of aryl methyl sites for hydroxylation is 1. The van der Waals surface area contributed by atoms with Crippen LogP contribution in [0.3, 0.4) is 0 Å². The molecule has 8 heteroatoms. The van der Waals surface area contributed by atoms with Gasteiger partial charge < -0.3 is 9.88 Å². The summed E-state index contributed by atoms with van der Waals surface area (Å²) in [7, 11) is 1.95. The van der Waals surface area contributed by atoms with Crippen LogP contribution in [0.4, 0.5) is 10.1 Å². The van der Waals surface area contributed by atoms with Gasteiger partial charge in [0.1, 0.15) is 11.9 Å². The number of halogens is 2. The normalized spacial score (nSPS) is 15.8. The van der Waals surface area contributed by atoms with Crippen molar-refractivity contribution in [1.82, 2.24) is 9.88 Å². The topological polar surface area (TPSA) is 54.3 Å². The average molecular weight is 494 g/mol. The number of para-hydroxylation sites is 1. The van der Waals surface area contributed by atoms with Crippen LogP contribution in [-0.4, -0.2) is 22.1 Å². The van der Waals surface area contributed by atoms with Gasteiger partial charge in [-0.2, -0.15) is 0 Å². The van der Waals surface area contributed by atoms with E-state index in [4.69, 9.17) is 11.6 Å². The highest BCUT2D eigenvalue weighted by atomic mass is 35.5. The molecule has 0 radical (unpaired) electrons. The van der Waals surface area contributed by atoms with Crippen LogP contribution >= 0.6 is 23.4 Å². The van der Waals surface area contributed by atoms with Crippen molar-refractivity contribution in [2.45, 2.75) is 17.6 Å². The molecule has 4 aromatic rings. The van der Waals surface area contributed by atoms with E-state index in [1.165, 1.54) is 23.9 Å². The first kappa shape index (κ1) is 22.5. The number of anilines is 1. The van der Waals surface area contributed by atoms with Gasteiger partial charge in [-0.25, -0.2) is 4.39 Å². The molecule has 1 aromatic heterocycles. The number of hydrogen-bond donors (Lipinski definition) is 1. The molecule has 1 atom stereocenters. The Kier molecular flexibility index (Phi) is 6.06. The van der Waals surface area contributed by atoms with Gasteiger partial charge in [-0.15, -0.1) is 0 Å². The van der Waals surface area contributed by atoms with E-state index in [0.717, 1.165) is 27.1 Å². The molecule has 0 bridgehead atoms. The number of benzene rings is 3. The molecule has 2 amide bonds. The first-order valence-corrected chi connectivity index (χ1v) is 12.1. The maximum atomic E-state index is 13.8. The Balaban J connectivity index is 1.63. The molecule has 2 heterocycles. The second-order valence-electron chi connectivity index (χ2n) is 8.07. The van der Waals surface area contributed by atoms with Gasteiger partial charge in [-0.05, 0) is 48.0 Å². The fraction of sp³-hybridized carbons (Fsp3) is 0.154. The van der Waals surface area contributed by atoms with E-state index in [2.05, 4.69) is 5.32 Å². The summed E-state index contributed by atoms with van der Waals surface area (Å²) >= 11 is 7.53. The summed E-state index contributed by atoms with van der Waals surface area (Å²) in [6.45, 7) is 0.214. The third-order valence-electron chi connectivity index (χ3n) is 5.96. The molecule has 5 rings (SSSR count). The summed E-state index contributed by atoms with van der Waals surface area (Å²) in [5.41, 5.74) is 3.14. The van der Waals surface area contributed by atoms with Crippen LogP contribution in [0.5, 0.6) is 0 Å². The second kappa shape index (κ2) is 9.16. The Hall–Kier alpha value is -3.29. The standard InChI is InChI=1S/C26H21ClFN3O2S/c1-30-21-5-3-2-4-20(21)23-24(25(33)29-14-16-6-10-18(28)11-7-16)31(22(32)15-34-26(23)30)19-12-8-17(27)9-13-19/h2-13,24H,14-15H2,1H3,(H,29,33)/t24-/m0/s1. The maximum absolute atomic E-state index is 13.8. The molecule has 34 heavy (non-hydrogen) atoms. The summed E-state index contributed by atoms with van der Waals surface area (Å²) in [4.78, 5) is 28.7. The van der Waals surface area contributed by atoms with Gasteiger partial charge in [-0.1, -0.05) is 53.7 Å². The predicted octanol–water partition coefficient (Wildman–Crippen LogP) is 5.47. The minimum Gasteiger partial charge on any atom is -0.350 e.